The molecule has 0 amide bonds. The molecule has 1 heterocycles. The van der Waals surface area contributed by atoms with Crippen molar-refractivity contribution in [1.82, 2.24) is 0 Å². The monoisotopic (exact) mass is 243 g/mol. The Morgan fingerprint density at radius 1 is 1.50 bits per heavy atom. The maximum atomic E-state index is 10.6. The number of fused-ring (bicyclic) bond motifs is 1. The fourth-order valence-electron chi connectivity index (χ4n) is 1.44. The molecule has 1 aromatic carbocycles. The Hall–Kier alpha value is -1.46. The predicted molar refractivity (Wildman–Crippen MR) is 56.9 cm³/mol. The highest BCUT2D eigenvalue weighted by atomic mass is 35.5. The van der Waals surface area contributed by atoms with Crippen LogP contribution in [0.1, 0.15) is 5.56 Å². The number of hydrogen-bond acceptors (Lipinski definition) is 4. The largest absolute Gasteiger partial charge is 0.480 e. The van der Waals surface area contributed by atoms with E-state index in [1.54, 1.807) is 12.1 Å². The number of hydrogen-bond donors (Lipinski definition) is 2. The number of rotatable bonds is 3. The molecule has 2 rings (SSSR count). The summed E-state index contributed by atoms with van der Waals surface area (Å²) in [6, 6.07) is 2.29. The van der Waals surface area contributed by atoms with Crippen LogP contribution in [0.4, 0.5) is 0 Å². The van der Waals surface area contributed by atoms with Crippen LogP contribution < -0.4 is 15.2 Å². The van der Waals surface area contributed by atoms with Gasteiger partial charge in [-0.25, -0.2) is 0 Å². The number of carboxylic acid groups (broad SMARTS) is 1. The SMILES string of the molecule is NC(Cc1cc2c(cc1Cl)OCO2)C(=O)O. The van der Waals surface area contributed by atoms with Crippen molar-refractivity contribution < 1.29 is 19.4 Å². The Morgan fingerprint density at radius 3 is 2.75 bits per heavy atom. The van der Waals surface area contributed by atoms with E-state index in [0.29, 0.717) is 22.1 Å². The van der Waals surface area contributed by atoms with E-state index < -0.39 is 12.0 Å². The number of nitrogens with two attached hydrogens (primary N) is 1. The Morgan fingerprint density at radius 2 is 2.12 bits per heavy atom. The second kappa shape index (κ2) is 4.19. The van der Waals surface area contributed by atoms with Crippen molar-refractivity contribution in [2.24, 2.45) is 5.73 Å². The van der Waals surface area contributed by atoms with Crippen LogP contribution in [0.2, 0.25) is 5.02 Å². The molecule has 1 aliphatic heterocycles. The molecule has 0 radical (unpaired) electrons. The normalized spacial score (nSPS) is 14.9. The summed E-state index contributed by atoms with van der Waals surface area (Å²) in [7, 11) is 0. The molecule has 3 N–H and O–H groups in total. The maximum Gasteiger partial charge on any atom is 0.320 e. The molecule has 0 saturated carbocycles. The molecular formula is C10H10ClNO4. The minimum Gasteiger partial charge on any atom is -0.480 e. The van der Waals surface area contributed by atoms with Gasteiger partial charge < -0.3 is 20.3 Å². The van der Waals surface area contributed by atoms with E-state index in [0.717, 1.165) is 0 Å². The molecule has 0 bridgehead atoms. The van der Waals surface area contributed by atoms with Crippen molar-refractivity contribution in [3.63, 3.8) is 0 Å². The molecule has 1 aliphatic rings. The first-order valence-corrected chi connectivity index (χ1v) is 5.02. The quantitative estimate of drug-likeness (QED) is 0.828. The summed E-state index contributed by atoms with van der Waals surface area (Å²) < 4.78 is 10.3. The highest BCUT2D eigenvalue weighted by molar-refractivity contribution is 6.31. The third kappa shape index (κ3) is 2.05. The molecule has 1 aromatic rings. The lowest BCUT2D eigenvalue weighted by Crippen LogP contribution is -2.32. The van der Waals surface area contributed by atoms with E-state index >= 15 is 0 Å². The number of benzene rings is 1. The number of carbonyl (C=O) groups is 1. The molecule has 1 unspecified atom stereocenters. The van der Waals surface area contributed by atoms with Crippen LogP contribution in [0.3, 0.4) is 0 Å². The first kappa shape index (κ1) is 11.0. The third-order valence-electron chi connectivity index (χ3n) is 2.30. The van der Waals surface area contributed by atoms with Gasteiger partial charge >= 0.3 is 5.97 Å². The lowest BCUT2D eigenvalue weighted by atomic mass is 10.1. The van der Waals surface area contributed by atoms with E-state index in [4.69, 9.17) is 31.9 Å². The molecule has 0 spiro atoms. The molecule has 0 aliphatic carbocycles. The van der Waals surface area contributed by atoms with Crippen LogP contribution in [0.25, 0.3) is 0 Å². The summed E-state index contributed by atoms with van der Waals surface area (Å²) in [4.78, 5) is 10.6. The first-order valence-electron chi connectivity index (χ1n) is 4.64. The van der Waals surface area contributed by atoms with E-state index in [9.17, 15) is 4.79 Å². The highest BCUT2D eigenvalue weighted by Gasteiger charge is 2.19. The number of ether oxygens (including phenoxy) is 2. The Labute approximate surface area is 96.7 Å². The summed E-state index contributed by atoms with van der Waals surface area (Å²) in [5.74, 6) is 0.0726. The van der Waals surface area contributed by atoms with E-state index in [2.05, 4.69) is 0 Å². The van der Waals surface area contributed by atoms with Gasteiger partial charge in [-0.3, -0.25) is 4.79 Å². The summed E-state index contributed by atoms with van der Waals surface area (Å²) in [6.07, 6.45) is 0.158. The average Bonchev–Trinajstić information content (AvgIpc) is 2.65. The second-order valence-electron chi connectivity index (χ2n) is 3.45. The van der Waals surface area contributed by atoms with Crippen LogP contribution in [-0.4, -0.2) is 23.9 Å². The summed E-state index contributed by atoms with van der Waals surface area (Å²) >= 11 is 5.97. The van der Waals surface area contributed by atoms with Gasteiger partial charge in [-0.2, -0.15) is 0 Å². The van der Waals surface area contributed by atoms with Gasteiger partial charge in [0.2, 0.25) is 6.79 Å². The second-order valence-corrected chi connectivity index (χ2v) is 3.85. The van der Waals surface area contributed by atoms with Crippen molar-refractivity contribution in [3.8, 4) is 11.5 Å². The average molecular weight is 244 g/mol. The van der Waals surface area contributed by atoms with Gasteiger partial charge in [0.25, 0.3) is 0 Å². The van der Waals surface area contributed by atoms with E-state index in [1.807, 2.05) is 0 Å². The fraction of sp³-hybridized carbons (Fsp3) is 0.300. The summed E-state index contributed by atoms with van der Waals surface area (Å²) in [6.45, 7) is 0.153. The summed E-state index contributed by atoms with van der Waals surface area (Å²) in [5.41, 5.74) is 6.07. The zero-order valence-electron chi connectivity index (χ0n) is 8.27. The van der Waals surface area contributed by atoms with Gasteiger partial charge in [0.15, 0.2) is 11.5 Å². The van der Waals surface area contributed by atoms with Crippen molar-refractivity contribution in [2.75, 3.05) is 6.79 Å². The molecule has 6 heteroatoms. The zero-order chi connectivity index (χ0) is 11.7. The number of carboxylic acids is 1. The summed E-state index contributed by atoms with van der Waals surface area (Å²) in [5, 5.41) is 9.14. The molecule has 1 atom stereocenters. The molecule has 0 fully saturated rings. The number of aliphatic carboxylic acids is 1. The fourth-order valence-corrected chi connectivity index (χ4v) is 1.67. The van der Waals surface area contributed by atoms with E-state index in [1.165, 1.54) is 0 Å². The molecule has 0 aromatic heterocycles. The topological polar surface area (TPSA) is 81.8 Å². The predicted octanol–water partition coefficient (Wildman–Crippen LogP) is 1.02. The lowest BCUT2D eigenvalue weighted by Gasteiger charge is -2.09. The van der Waals surface area contributed by atoms with E-state index in [-0.39, 0.29) is 13.2 Å². The molecule has 16 heavy (non-hydrogen) atoms. The van der Waals surface area contributed by atoms with Crippen LogP contribution >= 0.6 is 11.6 Å². The molecular weight excluding hydrogens is 234 g/mol. The Bertz CT molecular complexity index is 435. The third-order valence-corrected chi connectivity index (χ3v) is 2.65. The van der Waals surface area contributed by atoms with Gasteiger partial charge in [-0.05, 0) is 18.1 Å². The van der Waals surface area contributed by atoms with Crippen LogP contribution in [0.5, 0.6) is 11.5 Å². The van der Waals surface area contributed by atoms with Crippen molar-refractivity contribution in [3.05, 3.63) is 22.7 Å². The van der Waals surface area contributed by atoms with Crippen LogP contribution in [0.15, 0.2) is 12.1 Å². The molecule has 5 nitrogen and oxygen atoms in total. The van der Waals surface area contributed by atoms with Crippen molar-refractivity contribution >= 4 is 17.6 Å². The van der Waals surface area contributed by atoms with Gasteiger partial charge in [-0.1, -0.05) is 11.6 Å². The molecule has 86 valence electrons. The van der Waals surface area contributed by atoms with Gasteiger partial charge in [0.05, 0.1) is 0 Å². The zero-order valence-corrected chi connectivity index (χ0v) is 9.03. The van der Waals surface area contributed by atoms with Gasteiger partial charge in [0.1, 0.15) is 6.04 Å². The maximum absolute atomic E-state index is 10.6. The minimum atomic E-state index is -1.06. The van der Waals surface area contributed by atoms with Gasteiger partial charge in [0, 0.05) is 11.1 Å². The van der Waals surface area contributed by atoms with Crippen molar-refractivity contribution in [2.45, 2.75) is 12.5 Å². The number of halogens is 1. The first-order chi connectivity index (χ1) is 7.58. The Kier molecular flexibility index (Phi) is 2.89. The highest BCUT2D eigenvalue weighted by Crippen LogP contribution is 2.37. The smallest absolute Gasteiger partial charge is 0.320 e. The van der Waals surface area contributed by atoms with Crippen LogP contribution in [0, 0.1) is 0 Å². The Balaban J connectivity index is 2.25. The van der Waals surface area contributed by atoms with Crippen molar-refractivity contribution in [1.29, 1.82) is 0 Å². The van der Waals surface area contributed by atoms with Gasteiger partial charge in [-0.15, -0.1) is 0 Å². The lowest BCUT2D eigenvalue weighted by molar-refractivity contribution is -0.138. The molecule has 0 saturated heterocycles. The standard InChI is InChI=1S/C10H10ClNO4/c11-6-3-9-8(15-4-16-9)2-5(6)1-7(12)10(13)14/h2-3,7H,1,4,12H2,(H,13,14). The minimum absolute atomic E-state index is 0.153. The van der Waals surface area contributed by atoms with Crippen LogP contribution in [-0.2, 0) is 11.2 Å².